The van der Waals surface area contributed by atoms with Gasteiger partial charge in [-0.25, -0.2) is 9.59 Å². The Morgan fingerprint density at radius 3 is 1.38 bits per heavy atom. The van der Waals surface area contributed by atoms with Gasteiger partial charge in [0.05, 0.1) is 35.7 Å². The van der Waals surface area contributed by atoms with Gasteiger partial charge < -0.3 is 49.8 Å². The van der Waals surface area contributed by atoms with Gasteiger partial charge >= 0.3 is 11.9 Å². The van der Waals surface area contributed by atoms with Gasteiger partial charge in [-0.15, -0.1) is 0 Å². The van der Waals surface area contributed by atoms with Gasteiger partial charge in [0.15, 0.2) is 23.8 Å². The minimum Gasteiger partial charge on any atom is -0.493 e. The molecule has 2 aliphatic carbocycles. The van der Waals surface area contributed by atoms with Crippen molar-refractivity contribution in [2.45, 2.75) is 104 Å². The van der Waals surface area contributed by atoms with E-state index in [1.54, 1.807) is 48.5 Å². The van der Waals surface area contributed by atoms with E-state index in [0.29, 0.717) is 109 Å². The molecule has 0 bridgehead atoms. The molecule has 14 nitrogen and oxygen atoms in total. The van der Waals surface area contributed by atoms with Gasteiger partial charge in [-0.1, -0.05) is 52.0 Å². The molecule has 0 saturated carbocycles. The highest BCUT2D eigenvalue weighted by atomic mass is 16.6. The van der Waals surface area contributed by atoms with E-state index < -0.39 is 36.4 Å². The molecule has 68 heavy (non-hydrogen) atoms. The molecule has 0 spiro atoms. The number of H-pyrrole nitrogens is 2. The molecule has 8 rings (SSSR count). The normalized spacial score (nSPS) is 18.8. The Morgan fingerprint density at radius 1 is 0.603 bits per heavy atom. The maximum absolute atomic E-state index is 13.8. The lowest BCUT2D eigenvalue weighted by Crippen LogP contribution is -2.45. The summed E-state index contributed by atoms with van der Waals surface area (Å²) in [5.74, 6) is -1.10. The fraction of sp³-hybridized carbons (Fsp3) is 0.407. The Bertz CT molecular complexity index is 2620. The zero-order chi connectivity index (χ0) is 48.2. The number of esters is 2. The van der Waals surface area contributed by atoms with E-state index >= 15 is 0 Å². The third-order valence-corrected chi connectivity index (χ3v) is 12.7. The monoisotopic (exact) mass is 926 g/mol. The first-order valence-corrected chi connectivity index (χ1v) is 23.8. The van der Waals surface area contributed by atoms with Gasteiger partial charge in [-0.3, -0.25) is 9.59 Å². The van der Waals surface area contributed by atoms with Crippen LogP contribution in [0.25, 0.3) is 21.8 Å². The van der Waals surface area contributed by atoms with Crippen LogP contribution >= 0.6 is 0 Å². The molecule has 6 aromatic rings. The first kappa shape index (κ1) is 48.1. The molecule has 14 heteroatoms. The Labute approximate surface area is 396 Å². The Hall–Kier alpha value is -6.32. The van der Waals surface area contributed by atoms with Crippen molar-refractivity contribution in [1.29, 1.82) is 0 Å². The molecule has 6 atom stereocenters. The summed E-state index contributed by atoms with van der Waals surface area (Å²) < 4.78 is 23.5. The number of benzene rings is 4. The maximum atomic E-state index is 13.8. The average Bonchev–Trinajstić information content (AvgIpc) is 3.90. The summed E-state index contributed by atoms with van der Waals surface area (Å²) in [6.45, 7) is 14.3. The highest BCUT2D eigenvalue weighted by Gasteiger charge is 2.41. The topological polar surface area (TPSA) is 201 Å². The molecule has 0 radical (unpaired) electrons. The molecule has 2 aromatic heterocycles. The smallest absolute Gasteiger partial charge is 0.339 e. The number of hydrogen-bond acceptors (Lipinski definition) is 12. The molecule has 2 aliphatic rings. The van der Waals surface area contributed by atoms with Crippen molar-refractivity contribution >= 4 is 45.3 Å². The van der Waals surface area contributed by atoms with Crippen LogP contribution in [0.1, 0.15) is 121 Å². The number of rotatable bonds is 19. The summed E-state index contributed by atoms with van der Waals surface area (Å²) in [6, 6.07) is 24.8. The fourth-order valence-corrected chi connectivity index (χ4v) is 9.41. The minimum atomic E-state index is -2.26. The van der Waals surface area contributed by atoms with E-state index in [0.717, 1.165) is 32.9 Å². The minimum absolute atomic E-state index is 0.138. The molecule has 2 heterocycles. The lowest BCUT2D eigenvalue weighted by atomic mass is 9.88. The van der Waals surface area contributed by atoms with Crippen LogP contribution in [0.2, 0.25) is 0 Å². The van der Waals surface area contributed by atoms with Crippen LogP contribution in [0.5, 0.6) is 11.5 Å². The molecule has 0 fully saturated rings. The summed E-state index contributed by atoms with van der Waals surface area (Å²) in [7, 11) is 0. The van der Waals surface area contributed by atoms with Crippen molar-refractivity contribution < 1.29 is 48.3 Å². The molecular weight excluding hydrogens is 865 g/mol. The second-order valence-electron chi connectivity index (χ2n) is 18.7. The van der Waals surface area contributed by atoms with E-state index in [-0.39, 0.29) is 23.7 Å². The summed E-state index contributed by atoms with van der Waals surface area (Å²) >= 11 is 0. The van der Waals surface area contributed by atoms with E-state index in [4.69, 9.17) is 18.9 Å². The maximum Gasteiger partial charge on any atom is 0.339 e. The average molecular weight is 927 g/mol. The predicted molar refractivity (Wildman–Crippen MR) is 258 cm³/mol. The van der Waals surface area contributed by atoms with Gasteiger partial charge in [0.2, 0.25) is 0 Å². The van der Waals surface area contributed by atoms with Crippen LogP contribution in [-0.2, 0) is 31.9 Å². The Balaban J connectivity index is 1.02. The fourth-order valence-electron chi connectivity index (χ4n) is 9.41. The molecule has 0 saturated heterocycles. The van der Waals surface area contributed by atoms with Gasteiger partial charge in [0.1, 0.15) is 23.7 Å². The molecule has 6 N–H and O–H groups in total. The van der Waals surface area contributed by atoms with Crippen LogP contribution in [-0.4, -0.2) is 94.3 Å². The quantitative estimate of drug-likeness (QED) is 0.0344. The first-order valence-electron chi connectivity index (χ1n) is 23.8. The number of para-hydroxylation sites is 2. The second-order valence-corrected chi connectivity index (χ2v) is 18.7. The molecule has 6 unspecified atom stereocenters. The molecule has 4 aromatic carbocycles. The third kappa shape index (κ3) is 10.2. The number of aliphatic hydroxyl groups is 2. The van der Waals surface area contributed by atoms with Crippen molar-refractivity contribution in [3.8, 4) is 11.5 Å². The number of nitrogens with one attached hydrogen (secondary N) is 4. The lowest BCUT2D eigenvalue weighted by Gasteiger charge is -2.32. The number of aromatic amines is 2. The summed E-state index contributed by atoms with van der Waals surface area (Å²) in [4.78, 5) is 62.1. The molecule has 0 aliphatic heterocycles. The van der Waals surface area contributed by atoms with Crippen LogP contribution in [0, 0.1) is 11.8 Å². The molecular formula is C54H62N4O10. The van der Waals surface area contributed by atoms with Crippen molar-refractivity contribution in [2.75, 3.05) is 26.3 Å². The number of aliphatic hydroxyl groups excluding tert-OH is 2. The first-order chi connectivity index (χ1) is 32.7. The van der Waals surface area contributed by atoms with Crippen LogP contribution in [0.4, 0.5) is 0 Å². The second kappa shape index (κ2) is 20.9. The standard InChI is InChI=1S/C54H62N4O10/c1-7-65-43-15-11-9-13-35(43)49(59)31-17-19-41-37(21-31)39-23-33(55-27-29(3)4)25-45(47(39)57-41)67-53(63)51(61)52(62)54(64)68-46-26-34(56-28-30(5)6)24-40-38-22-32(18-20-42(38)58-48(40)46)50(60)36-14-10-12-16-44(36)66-8-2/h9-22,29-30,33-34,45-46,51-52,55-58,61-62H,7-8,23-28H2,1-6H3. The summed E-state index contributed by atoms with van der Waals surface area (Å²) in [5, 5.41) is 31.3. The van der Waals surface area contributed by atoms with E-state index in [2.05, 4.69) is 48.3 Å². The van der Waals surface area contributed by atoms with E-state index in [1.807, 2.05) is 50.2 Å². The van der Waals surface area contributed by atoms with Crippen LogP contribution < -0.4 is 20.1 Å². The van der Waals surface area contributed by atoms with Gasteiger partial charge in [0, 0.05) is 57.9 Å². The number of carbonyl (C=O) groups is 4. The van der Waals surface area contributed by atoms with Crippen molar-refractivity contribution in [2.24, 2.45) is 11.8 Å². The predicted octanol–water partition coefficient (Wildman–Crippen LogP) is 7.62. The van der Waals surface area contributed by atoms with E-state index in [1.165, 1.54) is 0 Å². The Morgan fingerprint density at radius 2 is 1.00 bits per heavy atom. The van der Waals surface area contributed by atoms with Crippen molar-refractivity contribution in [1.82, 2.24) is 20.6 Å². The lowest BCUT2D eigenvalue weighted by molar-refractivity contribution is -0.180. The number of ether oxygens (including phenoxy) is 4. The van der Waals surface area contributed by atoms with Crippen molar-refractivity contribution in [3.05, 3.63) is 130 Å². The molecule has 358 valence electrons. The SMILES string of the molecule is CCOc1ccccc1C(=O)c1ccc2[nH]c3c(c2c1)CC(NCC(C)C)CC3OC(=O)C(O)C(O)C(=O)OC1CC(NCC(C)C)Cc2c1[nH]c1ccc(C(=O)c3ccccc3OCC)cc21. The highest BCUT2D eigenvalue weighted by molar-refractivity contribution is 6.13. The van der Waals surface area contributed by atoms with Crippen LogP contribution in [0.15, 0.2) is 84.9 Å². The molecule has 0 amide bonds. The number of ketones is 2. The van der Waals surface area contributed by atoms with Gasteiger partial charge in [-0.2, -0.15) is 0 Å². The summed E-state index contributed by atoms with van der Waals surface area (Å²) in [6.07, 6.45) is -4.45. The van der Waals surface area contributed by atoms with Crippen molar-refractivity contribution in [3.63, 3.8) is 0 Å². The summed E-state index contributed by atoms with van der Waals surface area (Å²) in [5.41, 5.74) is 6.22. The third-order valence-electron chi connectivity index (χ3n) is 12.7. The van der Waals surface area contributed by atoms with Gasteiger partial charge in [0.25, 0.3) is 0 Å². The number of fused-ring (bicyclic) bond motifs is 6. The van der Waals surface area contributed by atoms with Gasteiger partial charge in [-0.05, 0) is 123 Å². The van der Waals surface area contributed by atoms with Crippen LogP contribution in [0.3, 0.4) is 0 Å². The number of hydrogen-bond donors (Lipinski definition) is 6. The highest BCUT2D eigenvalue weighted by Crippen LogP contribution is 2.40. The zero-order valence-corrected chi connectivity index (χ0v) is 39.5. The zero-order valence-electron chi connectivity index (χ0n) is 39.5. The number of carbonyl (C=O) groups excluding carboxylic acids is 4. The number of aromatic nitrogens is 2. The Kier molecular flexibility index (Phi) is 14.8. The van der Waals surface area contributed by atoms with E-state index in [9.17, 15) is 29.4 Å². The largest absolute Gasteiger partial charge is 0.493 e.